The van der Waals surface area contributed by atoms with E-state index in [1.54, 1.807) is 0 Å². The van der Waals surface area contributed by atoms with Gasteiger partial charge in [-0.25, -0.2) is 0 Å². The average Bonchev–Trinajstić information content (AvgIpc) is 2.21. The Hall–Kier alpha value is -0.860. The van der Waals surface area contributed by atoms with Gasteiger partial charge in [-0.05, 0) is 18.4 Å². The van der Waals surface area contributed by atoms with Gasteiger partial charge >= 0.3 is 0 Å². The predicted octanol–water partition coefficient (Wildman–Crippen LogP) is 2.04. The standard InChI is InChI=1S/C10H13NO/c1-2-5-9(6-3-1)10-7-4-8-12-11-10/h1-3,5-6,10-11H,4,7-8H2/t10-/m0/s1. The summed E-state index contributed by atoms with van der Waals surface area (Å²) in [7, 11) is 0. The van der Waals surface area contributed by atoms with E-state index in [2.05, 4.69) is 29.7 Å². The third kappa shape index (κ3) is 1.65. The van der Waals surface area contributed by atoms with Gasteiger partial charge in [0.05, 0.1) is 12.6 Å². The molecule has 12 heavy (non-hydrogen) atoms. The lowest BCUT2D eigenvalue weighted by molar-refractivity contribution is -0.0195. The first-order chi connectivity index (χ1) is 5.97. The van der Waals surface area contributed by atoms with Crippen molar-refractivity contribution in [2.45, 2.75) is 18.9 Å². The van der Waals surface area contributed by atoms with E-state index in [0.717, 1.165) is 13.0 Å². The van der Waals surface area contributed by atoms with Gasteiger partial charge in [-0.1, -0.05) is 30.3 Å². The quantitative estimate of drug-likeness (QED) is 0.684. The van der Waals surface area contributed by atoms with E-state index in [1.807, 2.05) is 6.07 Å². The molecule has 1 atom stereocenters. The third-order valence-electron chi connectivity index (χ3n) is 2.17. The first-order valence-electron chi connectivity index (χ1n) is 4.39. The molecule has 1 N–H and O–H groups in total. The molecule has 0 amide bonds. The second-order valence-corrected chi connectivity index (χ2v) is 3.07. The van der Waals surface area contributed by atoms with Gasteiger partial charge in [-0.15, -0.1) is 0 Å². The molecule has 0 saturated carbocycles. The van der Waals surface area contributed by atoms with Crippen molar-refractivity contribution in [2.24, 2.45) is 0 Å². The molecule has 1 aromatic rings. The van der Waals surface area contributed by atoms with Gasteiger partial charge in [0, 0.05) is 0 Å². The van der Waals surface area contributed by atoms with Crippen LogP contribution in [-0.4, -0.2) is 6.61 Å². The van der Waals surface area contributed by atoms with Gasteiger partial charge in [0.15, 0.2) is 0 Å². The van der Waals surface area contributed by atoms with E-state index in [0.29, 0.717) is 6.04 Å². The lowest BCUT2D eigenvalue weighted by Crippen LogP contribution is -2.27. The molecule has 0 radical (unpaired) electrons. The summed E-state index contributed by atoms with van der Waals surface area (Å²) in [6.07, 6.45) is 2.32. The second kappa shape index (κ2) is 3.70. The minimum absolute atomic E-state index is 0.389. The van der Waals surface area contributed by atoms with E-state index in [4.69, 9.17) is 4.84 Å². The van der Waals surface area contributed by atoms with Crippen molar-refractivity contribution in [1.29, 1.82) is 0 Å². The normalized spacial score (nSPS) is 23.8. The third-order valence-corrected chi connectivity index (χ3v) is 2.17. The summed E-state index contributed by atoms with van der Waals surface area (Å²) < 4.78 is 0. The molecule has 1 saturated heterocycles. The van der Waals surface area contributed by atoms with Gasteiger partial charge in [-0.3, -0.25) is 0 Å². The summed E-state index contributed by atoms with van der Waals surface area (Å²) in [6, 6.07) is 10.8. The molecule has 1 aromatic carbocycles. The maximum absolute atomic E-state index is 5.19. The minimum Gasteiger partial charge on any atom is -0.301 e. The summed E-state index contributed by atoms with van der Waals surface area (Å²) in [5.74, 6) is 0. The fourth-order valence-corrected chi connectivity index (χ4v) is 1.50. The van der Waals surface area contributed by atoms with Crippen LogP contribution in [0.5, 0.6) is 0 Å². The van der Waals surface area contributed by atoms with Crippen molar-refractivity contribution >= 4 is 0 Å². The number of nitrogens with one attached hydrogen (secondary N) is 1. The summed E-state index contributed by atoms with van der Waals surface area (Å²) in [6.45, 7) is 0.837. The zero-order valence-corrected chi connectivity index (χ0v) is 6.99. The Labute approximate surface area is 72.5 Å². The van der Waals surface area contributed by atoms with E-state index >= 15 is 0 Å². The van der Waals surface area contributed by atoms with Crippen LogP contribution in [0.2, 0.25) is 0 Å². The summed E-state index contributed by atoms with van der Waals surface area (Å²) in [5, 5.41) is 0. The summed E-state index contributed by atoms with van der Waals surface area (Å²) in [4.78, 5) is 5.19. The first-order valence-corrected chi connectivity index (χ1v) is 4.39. The SMILES string of the molecule is c1ccc([C@@H]2CCCON2)cc1. The maximum atomic E-state index is 5.19. The smallest absolute Gasteiger partial charge is 0.0683 e. The number of rotatable bonds is 1. The van der Waals surface area contributed by atoms with Crippen LogP contribution in [0.3, 0.4) is 0 Å². The summed E-state index contributed by atoms with van der Waals surface area (Å²) in [5.41, 5.74) is 4.35. The molecule has 64 valence electrons. The van der Waals surface area contributed by atoms with E-state index < -0.39 is 0 Å². The molecule has 0 unspecified atom stereocenters. The molecular formula is C10H13NO. The molecular weight excluding hydrogens is 150 g/mol. The van der Waals surface area contributed by atoms with Crippen LogP contribution in [0.25, 0.3) is 0 Å². The fraction of sp³-hybridized carbons (Fsp3) is 0.400. The van der Waals surface area contributed by atoms with E-state index in [-0.39, 0.29) is 0 Å². The van der Waals surface area contributed by atoms with Gasteiger partial charge in [0.25, 0.3) is 0 Å². The Morgan fingerprint density at radius 3 is 2.75 bits per heavy atom. The van der Waals surface area contributed by atoms with Crippen molar-refractivity contribution in [3.05, 3.63) is 35.9 Å². The molecule has 2 heteroatoms. The Balaban J connectivity index is 2.08. The zero-order chi connectivity index (χ0) is 8.23. The molecule has 1 heterocycles. The van der Waals surface area contributed by atoms with Crippen molar-refractivity contribution in [3.63, 3.8) is 0 Å². The molecule has 2 rings (SSSR count). The van der Waals surface area contributed by atoms with E-state index in [9.17, 15) is 0 Å². The molecule has 0 bridgehead atoms. The Morgan fingerprint density at radius 1 is 1.25 bits per heavy atom. The van der Waals surface area contributed by atoms with Crippen molar-refractivity contribution in [2.75, 3.05) is 6.61 Å². The number of hydrogen-bond donors (Lipinski definition) is 1. The maximum Gasteiger partial charge on any atom is 0.0683 e. The van der Waals surface area contributed by atoms with Crippen molar-refractivity contribution in [3.8, 4) is 0 Å². The highest BCUT2D eigenvalue weighted by molar-refractivity contribution is 5.18. The minimum atomic E-state index is 0.389. The van der Waals surface area contributed by atoms with Crippen LogP contribution in [0.1, 0.15) is 24.4 Å². The highest BCUT2D eigenvalue weighted by atomic mass is 16.6. The lowest BCUT2D eigenvalue weighted by atomic mass is 10.0. The number of benzene rings is 1. The molecule has 2 nitrogen and oxygen atoms in total. The summed E-state index contributed by atoms with van der Waals surface area (Å²) >= 11 is 0. The van der Waals surface area contributed by atoms with E-state index in [1.165, 1.54) is 12.0 Å². The lowest BCUT2D eigenvalue weighted by Gasteiger charge is -2.23. The van der Waals surface area contributed by atoms with Crippen LogP contribution < -0.4 is 5.48 Å². The number of hydrogen-bond acceptors (Lipinski definition) is 2. The molecule has 0 aromatic heterocycles. The highest BCUT2D eigenvalue weighted by Crippen LogP contribution is 2.20. The Kier molecular flexibility index (Phi) is 2.39. The molecule has 0 aliphatic carbocycles. The van der Waals surface area contributed by atoms with Crippen molar-refractivity contribution in [1.82, 2.24) is 5.48 Å². The first kappa shape index (κ1) is 7.77. The zero-order valence-electron chi connectivity index (χ0n) is 6.99. The number of hydroxylamine groups is 1. The topological polar surface area (TPSA) is 21.3 Å². The monoisotopic (exact) mass is 163 g/mol. The van der Waals surface area contributed by atoms with Crippen LogP contribution in [0, 0.1) is 0 Å². The van der Waals surface area contributed by atoms with Gasteiger partial charge in [-0.2, -0.15) is 5.48 Å². The van der Waals surface area contributed by atoms with Gasteiger partial charge in [0.2, 0.25) is 0 Å². The van der Waals surface area contributed by atoms with Crippen molar-refractivity contribution < 1.29 is 4.84 Å². The fourth-order valence-electron chi connectivity index (χ4n) is 1.50. The molecule has 1 fully saturated rings. The van der Waals surface area contributed by atoms with Crippen LogP contribution in [0.15, 0.2) is 30.3 Å². The van der Waals surface area contributed by atoms with Gasteiger partial charge < -0.3 is 4.84 Å². The highest BCUT2D eigenvalue weighted by Gasteiger charge is 2.14. The van der Waals surface area contributed by atoms with Gasteiger partial charge in [0.1, 0.15) is 0 Å². The Morgan fingerprint density at radius 2 is 2.08 bits per heavy atom. The largest absolute Gasteiger partial charge is 0.301 e. The predicted molar refractivity (Wildman–Crippen MR) is 47.5 cm³/mol. The Bertz CT molecular complexity index is 229. The second-order valence-electron chi connectivity index (χ2n) is 3.07. The molecule has 0 spiro atoms. The van der Waals surface area contributed by atoms with Crippen LogP contribution in [0.4, 0.5) is 0 Å². The average molecular weight is 163 g/mol. The van der Waals surface area contributed by atoms with Crippen LogP contribution >= 0.6 is 0 Å². The van der Waals surface area contributed by atoms with Crippen LogP contribution in [-0.2, 0) is 4.84 Å². The molecule has 1 aliphatic heterocycles. The molecule has 1 aliphatic rings.